The van der Waals surface area contributed by atoms with E-state index in [0.29, 0.717) is 5.69 Å². The standard InChI is InChI=1S/C18H19N3O5S/c19-27(25,26)13-5-3-12(4-6-13)20-14(22)7-8-21-17(23)15-10-1-2-11(9-10)16(15)18(21)24/h1-6,10-11,15-16H,7-9H2,(H,20,22)(H2,19,25,26)/t10-,11+,15-,16-/m1/s1. The predicted octanol–water partition coefficient (Wildman–Crippen LogP) is 0.470. The van der Waals surface area contributed by atoms with E-state index in [4.69, 9.17) is 5.14 Å². The molecular formula is C18H19N3O5S. The monoisotopic (exact) mass is 389 g/mol. The number of nitrogens with zero attached hydrogens (tertiary/aromatic N) is 1. The van der Waals surface area contributed by atoms with Crippen molar-refractivity contribution in [3.8, 4) is 0 Å². The highest BCUT2D eigenvalue weighted by molar-refractivity contribution is 7.89. The zero-order valence-corrected chi connectivity index (χ0v) is 15.2. The topological polar surface area (TPSA) is 127 Å². The van der Waals surface area contributed by atoms with E-state index >= 15 is 0 Å². The summed E-state index contributed by atoms with van der Waals surface area (Å²) in [6.45, 7) is 0.0468. The molecule has 9 heteroatoms. The molecule has 1 aromatic rings. The molecule has 27 heavy (non-hydrogen) atoms. The number of sulfonamides is 1. The van der Waals surface area contributed by atoms with Crippen LogP contribution in [0.3, 0.4) is 0 Å². The number of hydrogen-bond acceptors (Lipinski definition) is 5. The van der Waals surface area contributed by atoms with Crippen molar-refractivity contribution >= 4 is 33.4 Å². The third kappa shape index (κ3) is 3.06. The molecule has 4 atom stereocenters. The average Bonchev–Trinajstić information content (AvgIpc) is 3.28. The Balaban J connectivity index is 1.35. The molecule has 1 saturated carbocycles. The maximum atomic E-state index is 12.6. The molecule has 0 spiro atoms. The Morgan fingerprint density at radius 1 is 1.07 bits per heavy atom. The van der Waals surface area contributed by atoms with Gasteiger partial charge in [0.15, 0.2) is 0 Å². The fourth-order valence-corrected chi connectivity index (χ4v) is 4.86. The van der Waals surface area contributed by atoms with Crippen molar-refractivity contribution in [3.05, 3.63) is 36.4 Å². The first-order valence-electron chi connectivity index (χ1n) is 8.72. The van der Waals surface area contributed by atoms with Gasteiger partial charge in [0, 0.05) is 18.7 Å². The van der Waals surface area contributed by atoms with Gasteiger partial charge in [-0.3, -0.25) is 19.3 Å². The van der Waals surface area contributed by atoms with Crippen LogP contribution in [0.1, 0.15) is 12.8 Å². The number of primary sulfonamides is 1. The van der Waals surface area contributed by atoms with Gasteiger partial charge in [-0.2, -0.15) is 0 Å². The van der Waals surface area contributed by atoms with Crippen LogP contribution in [0.2, 0.25) is 0 Å². The summed E-state index contributed by atoms with van der Waals surface area (Å²) in [5.74, 6) is -0.945. The number of carbonyl (C=O) groups excluding carboxylic acids is 3. The Labute approximate surface area is 156 Å². The van der Waals surface area contributed by atoms with E-state index in [1.807, 2.05) is 12.2 Å². The van der Waals surface area contributed by atoms with Gasteiger partial charge in [-0.05, 0) is 42.5 Å². The van der Waals surface area contributed by atoms with Gasteiger partial charge in [-0.15, -0.1) is 0 Å². The molecule has 2 aliphatic carbocycles. The number of hydrogen-bond donors (Lipinski definition) is 2. The molecule has 0 radical (unpaired) electrons. The van der Waals surface area contributed by atoms with Crippen molar-refractivity contribution in [2.45, 2.75) is 17.7 Å². The molecule has 2 bridgehead atoms. The summed E-state index contributed by atoms with van der Waals surface area (Å²) >= 11 is 0. The lowest BCUT2D eigenvalue weighted by Crippen LogP contribution is -2.35. The normalized spacial score (nSPS) is 28.7. The third-order valence-corrected chi connectivity index (χ3v) is 6.52. The van der Waals surface area contributed by atoms with Crippen LogP contribution in [-0.2, 0) is 24.4 Å². The Hall–Kier alpha value is -2.52. The number of fused-ring (bicyclic) bond motifs is 5. The summed E-state index contributed by atoms with van der Waals surface area (Å²) in [7, 11) is -3.79. The number of amides is 3. The van der Waals surface area contributed by atoms with Gasteiger partial charge >= 0.3 is 0 Å². The SMILES string of the molecule is NS(=O)(=O)c1ccc(NC(=O)CCN2C(=O)[C@H]3[C@H](C2=O)[C@H]2C=C[C@@H]3C2)cc1. The van der Waals surface area contributed by atoms with Crippen molar-refractivity contribution in [1.82, 2.24) is 4.90 Å². The average molecular weight is 389 g/mol. The van der Waals surface area contributed by atoms with E-state index < -0.39 is 10.0 Å². The zero-order valence-electron chi connectivity index (χ0n) is 14.4. The second-order valence-corrected chi connectivity index (χ2v) is 8.76. The third-order valence-electron chi connectivity index (χ3n) is 5.59. The van der Waals surface area contributed by atoms with Crippen LogP contribution in [0.5, 0.6) is 0 Å². The fraction of sp³-hybridized carbons (Fsp3) is 0.389. The van der Waals surface area contributed by atoms with Crippen LogP contribution in [0.15, 0.2) is 41.3 Å². The van der Waals surface area contributed by atoms with E-state index in [1.54, 1.807) is 0 Å². The first kappa shape index (κ1) is 17.9. The molecule has 4 rings (SSSR count). The lowest BCUT2D eigenvalue weighted by molar-refractivity contribution is -0.140. The van der Waals surface area contributed by atoms with E-state index in [0.717, 1.165) is 6.42 Å². The second kappa shape index (κ2) is 6.28. The minimum Gasteiger partial charge on any atom is -0.326 e. The molecule has 3 N–H and O–H groups in total. The van der Waals surface area contributed by atoms with Gasteiger partial charge in [0.2, 0.25) is 27.7 Å². The molecule has 3 amide bonds. The van der Waals surface area contributed by atoms with Crippen LogP contribution < -0.4 is 10.5 Å². The van der Waals surface area contributed by atoms with Crippen molar-refractivity contribution in [3.63, 3.8) is 0 Å². The zero-order chi connectivity index (χ0) is 19.3. The Morgan fingerprint density at radius 3 is 2.15 bits per heavy atom. The summed E-state index contributed by atoms with van der Waals surface area (Å²) in [4.78, 5) is 38.4. The maximum Gasteiger partial charge on any atom is 0.238 e. The number of nitrogens with one attached hydrogen (secondary N) is 1. The number of anilines is 1. The first-order valence-corrected chi connectivity index (χ1v) is 10.3. The van der Waals surface area contributed by atoms with E-state index in [9.17, 15) is 22.8 Å². The first-order chi connectivity index (χ1) is 12.8. The maximum absolute atomic E-state index is 12.6. The Morgan fingerprint density at radius 2 is 1.63 bits per heavy atom. The number of carbonyl (C=O) groups is 3. The molecule has 8 nitrogen and oxygen atoms in total. The van der Waals surface area contributed by atoms with Crippen LogP contribution >= 0.6 is 0 Å². The molecule has 142 valence electrons. The molecule has 2 fully saturated rings. The van der Waals surface area contributed by atoms with Gasteiger partial charge in [0.05, 0.1) is 16.7 Å². The van der Waals surface area contributed by atoms with Crippen LogP contribution in [0, 0.1) is 23.7 Å². The predicted molar refractivity (Wildman–Crippen MR) is 95.5 cm³/mol. The van der Waals surface area contributed by atoms with Crippen molar-refractivity contribution in [1.29, 1.82) is 0 Å². The van der Waals surface area contributed by atoms with E-state index in [2.05, 4.69) is 5.32 Å². The fourth-order valence-electron chi connectivity index (χ4n) is 4.35. The highest BCUT2D eigenvalue weighted by Gasteiger charge is 2.58. The summed E-state index contributed by atoms with van der Waals surface area (Å²) in [5, 5.41) is 7.64. The second-order valence-electron chi connectivity index (χ2n) is 7.20. The highest BCUT2D eigenvalue weighted by atomic mass is 32.2. The summed E-state index contributed by atoms with van der Waals surface area (Å²) in [5.41, 5.74) is 0.408. The Kier molecular flexibility index (Phi) is 4.15. The van der Waals surface area contributed by atoms with Crippen molar-refractivity contribution < 1.29 is 22.8 Å². The molecule has 1 saturated heterocycles. The Bertz CT molecular complexity index is 924. The van der Waals surface area contributed by atoms with Crippen molar-refractivity contribution in [2.75, 3.05) is 11.9 Å². The summed E-state index contributed by atoms with van der Waals surface area (Å²) in [6.07, 6.45) is 4.91. The summed E-state index contributed by atoms with van der Waals surface area (Å²) in [6, 6.07) is 5.44. The highest BCUT2D eigenvalue weighted by Crippen LogP contribution is 2.52. The number of benzene rings is 1. The molecule has 0 aromatic heterocycles. The van der Waals surface area contributed by atoms with Gasteiger partial charge in [0.25, 0.3) is 0 Å². The molecule has 3 aliphatic rings. The van der Waals surface area contributed by atoms with Crippen molar-refractivity contribution in [2.24, 2.45) is 28.8 Å². The van der Waals surface area contributed by atoms with E-state index in [-0.39, 0.29) is 59.3 Å². The summed E-state index contributed by atoms with van der Waals surface area (Å²) < 4.78 is 22.5. The molecule has 1 aromatic carbocycles. The number of imide groups is 1. The quantitative estimate of drug-likeness (QED) is 0.559. The number of likely N-dealkylation sites (tertiary alicyclic amines) is 1. The van der Waals surface area contributed by atoms with Gasteiger partial charge in [-0.1, -0.05) is 12.2 Å². The lowest BCUT2D eigenvalue weighted by atomic mass is 9.85. The molecule has 0 unspecified atom stereocenters. The minimum absolute atomic E-state index is 0.0172. The number of allylic oxidation sites excluding steroid dienone is 2. The number of nitrogens with two attached hydrogens (primary N) is 1. The smallest absolute Gasteiger partial charge is 0.238 e. The van der Waals surface area contributed by atoms with Gasteiger partial charge < -0.3 is 5.32 Å². The lowest BCUT2D eigenvalue weighted by Gasteiger charge is -2.17. The molecular weight excluding hydrogens is 370 g/mol. The van der Waals surface area contributed by atoms with Gasteiger partial charge in [0.1, 0.15) is 0 Å². The molecule has 1 aliphatic heterocycles. The van der Waals surface area contributed by atoms with Gasteiger partial charge in [-0.25, -0.2) is 13.6 Å². The van der Waals surface area contributed by atoms with Crippen LogP contribution in [0.25, 0.3) is 0 Å². The number of rotatable bonds is 5. The van der Waals surface area contributed by atoms with Crippen LogP contribution in [0.4, 0.5) is 5.69 Å². The molecule has 1 heterocycles. The largest absolute Gasteiger partial charge is 0.326 e. The van der Waals surface area contributed by atoms with E-state index in [1.165, 1.54) is 29.2 Å². The minimum atomic E-state index is -3.79. The van der Waals surface area contributed by atoms with Crippen LogP contribution in [-0.4, -0.2) is 37.6 Å².